The first-order valence-corrected chi connectivity index (χ1v) is 12.8. The van der Waals surface area contributed by atoms with Crippen molar-refractivity contribution in [2.24, 2.45) is 11.8 Å². The van der Waals surface area contributed by atoms with E-state index >= 15 is 0 Å². The molecule has 2 unspecified atom stereocenters. The fourth-order valence-corrected chi connectivity index (χ4v) is 5.83. The smallest absolute Gasteiger partial charge is 0.250 e. The normalized spacial score (nSPS) is 26.3. The van der Waals surface area contributed by atoms with Crippen molar-refractivity contribution in [3.8, 4) is 5.88 Å². The molecule has 1 saturated carbocycles. The van der Waals surface area contributed by atoms with Crippen LogP contribution in [-0.2, 0) is 4.74 Å². The van der Waals surface area contributed by atoms with Gasteiger partial charge < -0.3 is 19.7 Å². The molecule has 35 heavy (non-hydrogen) atoms. The number of rotatable bonds is 6. The Hall–Kier alpha value is -2.94. The Labute approximate surface area is 204 Å². The first kappa shape index (κ1) is 22.5. The molecule has 2 atom stereocenters. The summed E-state index contributed by atoms with van der Waals surface area (Å²) in [5, 5.41) is 9.63. The van der Waals surface area contributed by atoms with Crippen molar-refractivity contribution in [1.29, 1.82) is 0 Å². The fraction of sp³-hybridized carbons (Fsp3) is 0.577. The molecule has 5 heterocycles. The third kappa shape index (κ3) is 4.20. The Morgan fingerprint density at radius 2 is 1.91 bits per heavy atom. The third-order valence-electron chi connectivity index (χ3n) is 7.79. The Morgan fingerprint density at radius 3 is 2.66 bits per heavy atom. The number of aryl methyl sites for hydroxylation is 1. The second kappa shape index (κ2) is 9.26. The van der Waals surface area contributed by atoms with Gasteiger partial charge in [0, 0.05) is 49.9 Å². The summed E-state index contributed by atoms with van der Waals surface area (Å²) in [6.45, 7) is 8.31. The van der Waals surface area contributed by atoms with E-state index in [1.165, 1.54) is 0 Å². The van der Waals surface area contributed by atoms with Gasteiger partial charge in [0.05, 0.1) is 30.2 Å². The minimum absolute atomic E-state index is 0.0340. The second-order valence-corrected chi connectivity index (χ2v) is 10.1. The van der Waals surface area contributed by atoms with Crippen molar-refractivity contribution in [2.45, 2.75) is 51.7 Å². The first-order valence-electron chi connectivity index (χ1n) is 12.8. The minimum Gasteiger partial charge on any atom is -0.472 e. The highest BCUT2D eigenvalue weighted by molar-refractivity contribution is 5.91. The van der Waals surface area contributed by atoms with Gasteiger partial charge in [-0.1, -0.05) is 0 Å². The monoisotopic (exact) mass is 480 g/mol. The average Bonchev–Trinajstić information content (AvgIpc) is 3.56. The molecule has 0 radical (unpaired) electrons. The summed E-state index contributed by atoms with van der Waals surface area (Å²) in [5.74, 6) is 2.85. The number of ether oxygens (including phenoxy) is 2. The molecule has 1 aliphatic carbocycles. The van der Waals surface area contributed by atoms with Crippen LogP contribution in [0.15, 0.2) is 24.5 Å². The van der Waals surface area contributed by atoms with E-state index < -0.39 is 0 Å². The molecule has 0 aromatic carbocycles. The zero-order valence-electron chi connectivity index (χ0n) is 20.4. The van der Waals surface area contributed by atoms with Gasteiger partial charge in [-0.3, -0.25) is 4.68 Å². The van der Waals surface area contributed by atoms with Gasteiger partial charge in [0.25, 0.3) is 5.88 Å². The maximum atomic E-state index is 14.4. The third-order valence-corrected chi connectivity index (χ3v) is 7.79. The van der Waals surface area contributed by atoms with Crippen LogP contribution in [-0.4, -0.2) is 58.7 Å². The summed E-state index contributed by atoms with van der Waals surface area (Å²) in [5.41, 5.74) is 1.68. The maximum Gasteiger partial charge on any atom is 0.250 e. The highest BCUT2D eigenvalue weighted by atomic mass is 19.1. The number of anilines is 2. The number of halogens is 1. The topological polar surface area (TPSA) is 77.3 Å². The van der Waals surface area contributed by atoms with Crippen molar-refractivity contribution in [1.82, 2.24) is 19.7 Å². The lowest BCUT2D eigenvalue weighted by Crippen LogP contribution is -2.27. The van der Waals surface area contributed by atoms with E-state index in [1.807, 2.05) is 6.20 Å². The molecule has 3 aromatic rings. The minimum atomic E-state index is -0.360. The highest BCUT2D eigenvalue weighted by Crippen LogP contribution is 2.39. The zero-order valence-corrected chi connectivity index (χ0v) is 20.4. The van der Waals surface area contributed by atoms with E-state index in [0.29, 0.717) is 17.4 Å². The quantitative estimate of drug-likeness (QED) is 0.562. The van der Waals surface area contributed by atoms with Crippen molar-refractivity contribution < 1.29 is 13.9 Å². The fourth-order valence-electron chi connectivity index (χ4n) is 5.83. The molecule has 3 fully saturated rings. The molecule has 0 bridgehead atoms. The zero-order chi connectivity index (χ0) is 23.9. The van der Waals surface area contributed by atoms with Gasteiger partial charge in [-0.15, -0.1) is 0 Å². The van der Waals surface area contributed by atoms with Crippen LogP contribution in [0.25, 0.3) is 10.9 Å². The Morgan fingerprint density at radius 1 is 1.14 bits per heavy atom. The number of hydrogen-bond donors (Lipinski definition) is 1. The highest BCUT2D eigenvalue weighted by Gasteiger charge is 2.39. The number of nitrogens with zero attached hydrogens (tertiary/aromatic N) is 5. The summed E-state index contributed by atoms with van der Waals surface area (Å²) >= 11 is 0. The number of aromatic nitrogens is 4. The Balaban J connectivity index is 1.24. The van der Waals surface area contributed by atoms with Crippen molar-refractivity contribution in [3.63, 3.8) is 0 Å². The molecule has 186 valence electrons. The van der Waals surface area contributed by atoms with Crippen LogP contribution in [0.4, 0.5) is 16.0 Å². The van der Waals surface area contributed by atoms with Gasteiger partial charge in [0.2, 0.25) is 0 Å². The van der Waals surface area contributed by atoms with E-state index in [4.69, 9.17) is 14.6 Å². The lowest BCUT2D eigenvalue weighted by Gasteiger charge is -2.29. The second-order valence-electron chi connectivity index (χ2n) is 10.1. The van der Waals surface area contributed by atoms with Crippen LogP contribution in [0.3, 0.4) is 0 Å². The van der Waals surface area contributed by atoms with Gasteiger partial charge in [0.15, 0.2) is 11.6 Å². The van der Waals surface area contributed by atoms with E-state index in [-0.39, 0.29) is 23.8 Å². The van der Waals surface area contributed by atoms with Gasteiger partial charge >= 0.3 is 0 Å². The lowest BCUT2D eigenvalue weighted by molar-refractivity contribution is 0.120. The molecule has 9 heteroatoms. The molecule has 6 rings (SSSR count). The molecule has 0 amide bonds. The lowest BCUT2D eigenvalue weighted by atomic mass is 9.93. The molecule has 1 N–H and O–H groups in total. The Bertz CT molecular complexity index is 1200. The molecule has 2 saturated heterocycles. The first-order chi connectivity index (χ1) is 17.1. The molecule has 8 nitrogen and oxygen atoms in total. The summed E-state index contributed by atoms with van der Waals surface area (Å²) in [4.78, 5) is 11.2. The number of pyridine rings is 2. The van der Waals surface area contributed by atoms with E-state index in [0.717, 1.165) is 81.1 Å². The standard InChI is InChI=1S/C26H33FN6O2/c1-3-28-23-10-22-21(11-30-23)25(32-12-17-14-34-15-18(17)13-32)31-33(22)19-4-6-20(7-5-19)35-26-24(27)16(2)8-9-29-26/h8-11,17-20H,3-7,12-15H2,1-2H3,(H,28,30). The largest absolute Gasteiger partial charge is 0.472 e. The number of hydrogen-bond acceptors (Lipinski definition) is 7. The predicted molar refractivity (Wildman–Crippen MR) is 133 cm³/mol. The van der Waals surface area contributed by atoms with E-state index in [2.05, 4.69) is 37.9 Å². The summed E-state index contributed by atoms with van der Waals surface area (Å²) in [7, 11) is 0. The molecule has 3 aliphatic rings. The molecule has 3 aromatic heterocycles. The average molecular weight is 481 g/mol. The molecule has 0 spiro atoms. The van der Waals surface area contributed by atoms with Gasteiger partial charge in [0.1, 0.15) is 11.9 Å². The number of nitrogens with one attached hydrogen (secondary N) is 1. The van der Waals surface area contributed by atoms with Crippen molar-refractivity contribution >= 4 is 22.5 Å². The van der Waals surface area contributed by atoms with Crippen LogP contribution in [0.5, 0.6) is 5.88 Å². The van der Waals surface area contributed by atoms with Gasteiger partial charge in [-0.25, -0.2) is 14.4 Å². The maximum absolute atomic E-state index is 14.4. The van der Waals surface area contributed by atoms with Crippen LogP contribution in [0, 0.1) is 24.6 Å². The summed E-state index contributed by atoms with van der Waals surface area (Å²) < 4.78 is 28.2. The van der Waals surface area contributed by atoms with Gasteiger partial charge in [-0.05, 0) is 51.2 Å². The summed E-state index contributed by atoms with van der Waals surface area (Å²) in [6, 6.07) is 4.06. The van der Waals surface area contributed by atoms with Crippen LogP contribution in [0.1, 0.15) is 44.2 Å². The molecular formula is C26H33FN6O2. The SMILES string of the molecule is CCNc1cc2c(cn1)c(N1CC3COCC3C1)nn2C1CCC(Oc2nccc(C)c2F)CC1. The van der Waals surface area contributed by atoms with Crippen molar-refractivity contribution in [3.05, 3.63) is 35.9 Å². The summed E-state index contributed by atoms with van der Waals surface area (Å²) in [6.07, 6.45) is 7.06. The van der Waals surface area contributed by atoms with Gasteiger partial charge in [-0.2, -0.15) is 5.10 Å². The predicted octanol–water partition coefficient (Wildman–Crippen LogP) is 4.35. The van der Waals surface area contributed by atoms with Crippen molar-refractivity contribution in [2.75, 3.05) is 43.1 Å². The van der Waals surface area contributed by atoms with Crippen LogP contribution < -0.4 is 15.0 Å². The van der Waals surface area contributed by atoms with Crippen LogP contribution in [0.2, 0.25) is 0 Å². The number of fused-ring (bicyclic) bond motifs is 2. The molecule has 2 aliphatic heterocycles. The Kier molecular flexibility index (Phi) is 5.96. The van der Waals surface area contributed by atoms with E-state index in [1.54, 1.807) is 19.2 Å². The van der Waals surface area contributed by atoms with Crippen LogP contribution >= 0.6 is 0 Å². The van der Waals surface area contributed by atoms with E-state index in [9.17, 15) is 4.39 Å². The molecular weight excluding hydrogens is 447 g/mol.